The predicted molar refractivity (Wildman–Crippen MR) is 81.7 cm³/mol. The highest BCUT2D eigenvalue weighted by Crippen LogP contribution is 1.90. The van der Waals surface area contributed by atoms with Crippen molar-refractivity contribution in [1.29, 1.82) is 0 Å². The number of carboxylic acids is 2. The van der Waals surface area contributed by atoms with E-state index in [1.165, 1.54) is 0 Å². The molecule has 2 aromatic heterocycles. The van der Waals surface area contributed by atoms with Crippen molar-refractivity contribution in [2.75, 3.05) is 11.5 Å². The maximum Gasteiger partial charge on any atom is 0.328 e. The molecule has 2 heterocycles. The number of anilines is 2. The Hall–Kier alpha value is -3.42. The van der Waals surface area contributed by atoms with Gasteiger partial charge >= 0.3 is 11.9 Å². The van der Waals surface area contributed by atoms with E-state index in [2.05, 4.69) is 9.97 Å². The minimum atomic E-state index is -1.26. The molecule has 0 radical (unpaired) electrons. The number of aromatic nitrogens is 2. The van der Waals surface area contributed by atoms with Crippen molar-refractivity contribution in [3.05, 3.63) is 60.9 Å². The molecule has 0 saturated heterocycles. The first-order valence-corrected chi connectivity index (χ1v) is 5.88. The van der Waals surface area contributed by atoms with Gasteiger partial charge in [-0.25, -0.2) is 19.6 Å². The molecular formula is C14H16N4O4. The predicted octanol–water partition coefficient (Wildman–Crippen LogP) is 1.04. The van der Waals surface area contributed by atoms with E-state index >= 15 is 0 Å². The lowest BCUT2D eigenvalue weighted by molar-refractivity contribution is -0.134. The Labute approximate surface area is 126 Å². The van der Waals surface area contributed by atoms with Crippen LogP contribution in [0, 0.1) is 0 Å². The summed E-state index contributed by atoms with van der Waals surface area (Å²) < 4.78 is 0. The SMILES string of the molecule is Nc1ccccn1.Nc1ccccn1.O=C(O)/C=C/C(=O)O. The average Bonchev–Trinajstić information content (AvgIpc) is 2.48. The van der Waals surface area contributed by atoms with Gasteiger partial charge in [-0.1, -0.05) is 12.1 Å². The first-order chi connectivity index (χ1) is 10.4. The lowest BCUT2D eigenvalue weighted by atomic mass is 10.5. The Morgan fingerprint density at radius 3 is 1.32 bits per heavy atom. The number of hydrogen-bond donors (Lipinski definition) is 4. The third-order valence-electron chi connectivity index (χ3n) is 1.74. The van der Waals surface area contributed by atoms with Crippen molar-refractivity contribution in [3.8, 4) is 0 Å². The molecule has 0 aliphatic carbocycles. The molecule has 2 rings (SSSR count). The molecule has 0 unspecified atom stereocenters. The zero-order chi connectivity index (χ0) is 16.8. The molecule has 0 fully saturated rings. The van der Waals surface area contributed by atoms with E-state index in [4.69, 9.17) is 21.7 Å². The topological polar surface area (TPSA) is 152 Å². The molecule has 0 bridgehead atoms. The van der Waals surface area contributed by atoms with E-state index in [9.17, 15) is 9.59 Å². The second kappa shape index (κ2) is 11.4. The number of nitrogens with zero attached hydrogens (tertiary/aromatic N) is 2. The van der Waals surface area contributed by atoms with E-state index < -0.39 is 11.9 Å². The smallest absolute Gasteiger partial charge is 0.328 e. The summed E-state index contributed by atoms with van der Waals surface area (Å²) in [6.45, 7) is 0. The molecule has 6 N–H and O–H groups in total. The van der Waals surface area contributed by atoms with E-state index in [1.807, 2.05) is 24.3 Å². The Morgan fingerprint density at radius 1 is 0.818 bits per heavy atom. The van der Waals surface area contributed by atoms with Crippen molar-refractivity contribution >= 4 is 23.6 Å². The normalized spacial score (nSPS) is 8.91. The Kier molecular flexibility index (Phi) is 9.64. The second-order valence-corrected chi connectivity index (χ2v) is 3.52. The molecule has 0 spiro atoms. The highest BCUT2D eigenvalue weighted by atomic mass is 16.4. The average molecular weight is 304 g/mol. The van der Waals surface area contributed by atoms with Crippen LogP contribution in [0.4, 0.5) is 11.6 Å². The molecule has 8 nitrogen and oxygen atoms in total. The van der Waals surface area contributed by atoms with Crippen LogP contribution in [0.25, 0.3) is 0 Å². The lowest BCUT2D eigenvalue weighted by Crippen LogP contribution is -1.91. The molecule has 2 aromatic rings. The van der Waals surface area contributed by atoms with E-state index in [1.54, 1.807) is 24.5 Å². The van der Waals surface area contributed by atoms with Crippen LogP contribution in [-0.2, 0) is 9.59 Å². The van der Waals surface area contributed by atoms with Gasteiger partial charge in [0.15, 0.2) is 0 Å². The Morgan fingerprint density at radius 2 is 1.18 bits per heavy atom. The molecule has 0 saturated carbocycles. The number of nitrogen functional groups attached to an aromatic ring is 2. The molecule has 0 amide bonds. The highest BCUT2D eigenvalue weighted by Gasteiger charge is 1.88. The number of carboxylic acid groups (broad SMARTS) is 2. The summed E-state index contributed by atoms with van der Waals surface area (Å²) in [5.41, 5.74) is 10.5. The van der Waals surface area contributed by atoms with Crippen molar-refractivity contribution in [2.24, 2.45) is 0 Å². The summed E-state index contributed by atoms with van der Waals surface area (Å²) >= 11 is 0. The Bertz CT molecular complexity index is 535. The number of rotatable bonds is 2. The fraction of sp³-hybridized carbons (Fsp3) is 0. The number of hydrogen-bond acceptors (Lipinski definition) is 6. The van der Waals surface area contributed by atoms with Crippen molar-refractivity contribution in [2.45, 2.75) is 0 Å². The van der Waals surface area contributed by atoms with Gasteiger partial charge in [0, 0.05) is 24.5 Å². The number of aliphatic carboxylic acids is 2. The molecule has 22 heavy (non-hydrogen) atoms. The van der Waals surface area contributed by atoms with Crippen LogP contribution in [0.1, 0.15) is 0 Å². The van der Waals surface area contributed by atoms with Crippen LogP contribution in [0.15, 0.2) is 60.9 Å². The fourth-order valence-corrected chi connectivity index (χ4v) is 0.895. The molecular weight excluding hydrogens is 288 g/mol. The molecule has 116 valence electrons. The Balaban J connectivity index is 0.000000301. The van der Waals surface area contributed by atoms with Crippen LogP contribution in [0.2, 0.25) is 0 Å². The third-order valence-corrected chi connectivity index (χ3v) is 1.74. The largest absolute Gasteiger partial charge is 0.478 e. The molecule has 0 aliphatic rings. The van der Waals surface area contributed by atoms with Gasteiger partial charge in [-0.15, -0.1) is 0 Å². The van der Waals surface area contributed by atoms with Crippen molar-refractivity contribution in [3.63, 3.8) is 0 Å². The van der Waals surface area contributed by atoms with Crippen LogP contribution >= 0.6 is 0 Å². The highest BCUT2D eigenvalue weighted by molar-refractivity contribution is 5.89. The van der Waals surface area contributed by atoms with Gasteiger partial charge in [0.05, 0.1) is 0 Å². The minimum Gasteiger partial charge on any atom is -0.478 e. The monoisotopic (exact) mass is 304 g/mol. The van der Waals surface area contributed by atoms with E-state index in [0.29, 0.717) is 23.8 Å². The number of nitrogens with two attached hydrogens (primary N) is 2. The summed E-state index contributed by atoms with van der Waals surface area (Å²) in [6, 6.07) is 10.9. The maximum atomic E-state index is 9.55. The summed E-state index contributed by atoms with van der Waals surface area (Å²) in [7, 11) is 0. The second-order valence-electron chi connectivity index (χ2n) is 3.52. The van der Waals surface area contributed by atoms with E-state index in [-0.39, 0.29) is 0 Å². The first kappa shape index (κ1) is 18.6. The first-order valence-electron chi connectivity index (χ1n) is 5.88. The lowest BCUT2D eigenvalue weighted by Gasteiger charge is -1.82. The molecule has 0 aromatic carbocycles. The summed E-state index contributed by atoms with van der Waals surface area (Å²) in [5.74, 6) is -1.37. The van der Waals surface area contributed by atoms with Gasteiger partial charge in [0.2, 0.25) is 0 Å². The minimum absolute atomic E-state index is 0.558. The summed E-state index contributed by atoms with van der Waals surface area (Å²) in [6.07, 6.45) is 4.44. The van der Waals surface area contributed by atoms with Crippen molar-refractivity contribution < 1.29 is 19.8 Å². The standard InChI is InChI=1S/2C5H6N2.C4H4O4/c2*6-5-3-1-2-4-7-5;5-3(6)1-2-4(7)8/h2*1-4H,(H2,6,7);1-2H,(H,5,6)(H,7,8)/b;;2-1+. The number of pyridine rings is 2. The van der Waals surface area contributed by atoms with Gasteiger partial charge in [0.25, 0.3) is 0 Å². The maximum absolute atomic E-state index is 9.55. The van der Waals surface area contributed by atoms with Gasteiger partial charge in [0.1, 0.15) is 11.6 Å². The van der Waals surface area contributed by atoms with Gasteiger partial charge < -0.3 is 21.7 Å². The third kappa shape index (κ3) is 13.0. The summed E-state index contributed by atoms with van der Waals surface area (Å²) in [4.78, 5) is 26.6. The van der Waals surface area contributed by atoms with Crippen LogP contribution < -0.4 is 11.5 Å². The fourth-order valence-electron chi connectivity index (χ4n) is 0.895. The molecule has 0 aliphatic heterocycles. The van der Waals surface area contributed by atoms with Crippen LogP contribution in [0.5, 0.6) is 0 Å². The quantitative estimate of drug-likeness (QED) is 0.600. The summed E-state index contributed by atoms with van der Waals surface area (Å²) in [5, 5.41) is 15.6. The zero-order valence-corrected chi connectivity index (χ0v) is 11.5. The van der Waals surface area contributed by atoms with Crippen molar-refractivity contribution in [1.82, 2.24) is 9.97 Å². The zero-order valence-electron chi connectivity index (χ0n) is 11.5. The van der Waals surface area contributed by atoms with Crippen LogP contribution in [-0.4, -0.2) is 32.1 Å². The molecule has 0 atom stereocenters. The van der Waals surface area contributed by atoms with Gasteiger partial charge in [-0.2, -0.15) is 0 Å². The molecule has 8 heteroatoms. The van der Waals surface area contributed by atoms with Crippen LogP contribution in [0.3, 0.4) is 0 Å². The van der Waals surface area contributed by atoms with E-state index in [0.717, 1.165) is 0 Å². The van der Waals surface area contributed by atoms with Gasteiger partial charge in [-0.05, 0) is 24.3 Å². The van der Waals surface area contributed by atoms with Gasteiger partial charge in [-0.3, -0.25) is 0 Å². The number of carbonyl (C=O) groups is 2.